The van der Waals surface area contributed by atoms with Crippen LogP contribution in [-0.4, -0.2) is 64.5 Å². The molecule has 1 N–H and O–H groups in total. The van der Waals surface area contributed by atoms with E-state index in [1.807, 2.05) is 24.3 Å². The van der Waals surface area contributed by atoms with E-state index in [4.69, 9.17) is 9.47 Å². The Morgan fingerprint density at radius 2 is 1.87 bits per heavy atom. The van der Waals surface area contributed by atoms with Gasteiger partial charge in [-0.25, -0.2) is 8.42 Å². The van der Waals surface area contributed by atoms with Gasteiger partial charge in [-0.2, -0.15) is 0 Å². The number of benzene rings is 2. The summed E-state index contributed by atoms with van der Waals surface area (Å²) in [7, 11) is -1.93. The van der Waals surface area contributed by atoms with Crippen LogP contribution < -0.4 is 10.1 Å². The predicted molar refractivity (Wildman–Crippen MR) is 113 cm³/mol. The summed E-state index contributed by atoms with van der Waals surface area (Å²) in [6.45, 7) is 3.14. The van der Waals surface area contributed by atoms with E-state index in [-0.39, 0.29) is 22.3 Å². The third-order valence-corrected chi connectivity index (χ3v) is 6.18. The van der Waals surface area contributed by atoms with Gasteiger partial charge in [0.2, 0.25) is 0 Å². The number of nitrogens with one attached hydrogen (secondary N) is 1. The van der Waals surface area contributed by atoms with Crippen LogP contribution >= 0.6 is 0 Å². The van der Waals surface area contributed by atoms with Gasteiger partial charge < -0.3 is 14.8 Å². The van der Waals surface area contributed by atoms with E-state index < -0.39 is 14.8 Å². The molecule has 0 aliphatic carbocycles. The number of hydrogen-bond donors (Lipinski definition) is 1. The Bertz CT molecular complexity index is 988. The van der Waals surface area contributed by atoms with Crippen molar-refractivity contribution in [3.8, 4) is 5.75 Å². The maximum Gasteiger partial charge on any atom is 0.293 e. The highest BCUT2D eigenvalue weighted by molar-refractivity contribution is 7.90. The molecule has 1 fully saturated rings. The molecule has 1 aliphatic rings. The van der Waals surface area contributed by atoms with Gasteiger partial charge >= 0.3 is 0 Å². The maximum atomic E-state index is 11.8. The number of ether oxygens (including phenoxy) is 2. The van der Waals surface area contributed by atoms with Crippen molar-refractivity contribution >= 4 is 21.2 Å². The van der Waals surface area contributed by atoms with Crippen LogP contribution in [-0.2, 0) is 14.6 Å². The van der Waals surface area contributed by atoms with Crippen molar-refractivity contribution in [2.75, 3.05) is 51.5 Å². The zero-order chi connectivity index (χ0) is 21.7. The highest BCUT2D eigenvalue weighted by Gasteiger charge is 2.25. The van der Waals surface area contributed by atoms with Crippen molar-refractivity contribution in [3.63, 3.8) is 0 Å². The van der Waals surface area contributed by atoms with Crippen molar-refractivity contribution in [3.05, 3.63) is 58.1 Å². The minimum Gasteiger partial charge on any atom is -0.497 e. The highest BCUT2D eigenvalue weighted by atomic mass is 32.2. The third-order valence-electron chi connectivity index (χ3n) is 5.07. The van der Waals surface area contributed by atoms with E-state index in [0.717, 1.165) is 36.7 Å². The van der Waals surface area contributed by atoms with Crippen LogP contribution in [0.5, 0.6) is 5.75 Å². The van der Waals surface area contributed by atoms with Gasteiger partial charge in [0, 0.05) is 32.0 Å². The van der Waals surface area contributed by atoms with Gasteiger partial charge in [-0.3, -0.25) is 15.0 Å². The van der Waals surface area contributed by atoms with E-state index in [1.165, 1.54) is 12.1 Å². The Labute approximate surface area is 175 Å². The Morgan fingerprint density at radius 3 is 2.43 bits per heavy atom. The summed E-state index contributed by atoms with van der Waals surface area (Å²) >= 11 is 0. The van der Waals surface area contributed by atoms with E-state index in [0.29, 0.717) is 19.8 Å². The second-order valence-electron chi connectivity index (χ2n) is 7.03. The average molecular weight is 436 g/mol. The first-order valence-corrected chi connectivity index (χ1v) is 11.4. The molecule has 1 heterocycles. The lowest BCUT2D eigenvalue weighted by atomic mass is 10.0. The molecule has 2 aromatic rings. The number of methoxy groups -OCH3 is 1. The summed E-state index contributed by atoms with van der Waals surface area (Å²) < 4.78 is 34.2. The van der Waals surface area contributed by atoms with E-state index in [1.54, 1.807) is 7.11 Å². The van der Waals surface area contributed by atoms with Crippen molar-refractivity contribution < 1.29 is 22.8 Å². The number of nitro groups is 1. The topological polar surface area (TPSA) is 111 Å². The molecule has 2 aromatic carbocycles. The summed E-state index contributed by atoms with van der Waals surface area (Å²) in [6, 6.07) is 11.6. The number of morpholine rings is 1. The van der Waals surface area contributed by atoms with Gasteiger partial charge in [0.25, 0.3) is 5.69 Å². The number of sulfone groups is 1. The quantitative estimate of drug-likeness (QED) is 0.497. The first kappa shape index (κ1) is 22.0. The number of nitrogens with zero attached hydrogens (tertiary/aromatic N) is 2. The lowest BCUT2D eigenvalue weighted by molar-refractivity contribution is -0.384. The largest absolute Gasteiger partial charge is 0.497 e. The summed E-state index contributed by atoms with van der Waals surface area (Å²) in [5, 5.41) is 14.7. The molecule has 1 atom stereocenters. The normalized spacial score (nSPS) is 16.1. The van der Waals surface area contributed by atoms with E-state index in [9.17, 15) is 18.5 Å². The smallest absolute Gasteiger partial charge is 0.293 e. The summed E-state index contributed by atoms with van der Waals surface area (Å²) in [4.78, 5) is 13.1. The molecule has 0 unspecified atom stereocenters. The molecule has 0 spiro atoms. The van der Waals surface area contributed by atoms with E-state index in [2.05, 4.69) is 10.2 Å². The van der Waals surface area contributed by atoms with Crippen molar-refractivity contribution in [2.45, 2.75) is 10.9 Å². The zero-order valence-corrected chi connectivity index (χ0v) is 17.7. The van der Waals surface area contributed by atoms with Crippen molar-refractivity contribution in [1.29, 1.82) is 0 Å². The summed E-state index contributed by atoms with van der Waals surface area (Å²) in [6.07, 6.45) is 1.03. The molecule has 1 aliphatic heterocycles. The van der Waals surface area contributed by atoms with Gasteiger partial charge in [0.1, 0.15) is 11.4 Å². The lowest BCUT2D eigenvalue weighted by Crippen LogP contribution is -2.41. The molecule has 0 bridgehead atoms. The number of rotatable bonds is 8. The van der Waals surface area contributed by atoms with Crippen LogP contribution in [0.15, 0.2) is 47.4 Å². The molecule has 0 amide bonds. The first-order valence-electron chi connectivity index (χ1n) is 9.47. The molecule has 9 nitrogen and oxygen atoms in total. The molecule has 0 aromatic heterocycles. The molecule has 0 saturated carbocycles. The van der Waals surface area contributed by atoms with Crippen LogP contribution in [0.1, 0.15) is 11.6 Å². The fourth-order valence-corrected chi connectivity index (χ4v) is 4.06. The van der Waals surface area contributed by atoms with Gasteiger partial charge in [-0.15, -0.1) is 0 Å². The average Bonchev–Trinajstić information content (AvgIpc) is 2.74. The second kappa shape index (κ2) is 9.41. The van der Waals surface area contributed by atoms with Crippen molar-refractivity contribution in [1.82, 2.24) is 4.90 Å². The third kappa shape index (κ3) is 5.26. The second-order valence-corrected chi connectivity index (χ2v) is 9.04. The lowest BCUT2D eigenvalue weighted by Gasteiger charge is -2.35. The molecular formula is C20H25N3O6S. The predicted octanol–water partition coefficient (Wildman–Crippen LogP) is 2.49. The summed E-state index contributed by atoms with van der Waals surface area (Å²) in [5.74, 6) is 0.749. The standard InChI is InChI=1S/C20H25N3O6S/c1-28-16-5-3-15(4-6-16)20(22-9-11-29-12-10-22)14-21-18-8-7-17(30(2,26)27)13-19(18)23(24)25/h3-8,13,20-21H,9-12,14H2,1-2H3/t20-/m0/s1. The van der Waals surface area contributed by atoms with Gasteiger partial charge in [0.05, 0.1) is 36.2 Å². The Balaban J connectivity index is 1.86. The molecule has 1 saturated heterocycles. The van der Waals surface area contributed by atoms with Crippen LogP contribution in [0.4, 0.5) is 11.4 Å². The van der Waals surface area contributed by atoms with Crippen LogP contribution in [0.25, 0.3) is 0 Å². The Kier molecular flexibility index (Phi) is 6.91. The minimum atomic E-state index is -3.54. The van der Waals surface area contributed by atoms with Gasteiger partial charge in [-0.1, -0.05) is 12.1 Å². The molecule has 162 valence electrons. The van der Waals surface area contributed by atoms with Gasteiger partial charge in [0.15, 0.2) is 9.84 Å². The fourth-order valence-electron chi connectivity index (χ4n) is 3.42. The number of hydrogen-bond acceptors (Lipinski definition) is 8. The van der Waals surface area contributed by atoms with E-state index >= 15 is 0 Å². The number of anilines is 1. The minimum absolute atomic E-state index is 0.0472. The van der Waals surface area contributed by atoms with Crippen LogP contribution in [0.2, 0.25) is 0 Å². The van der Waals surface area contributed by atoms with Gasteiger partial charge in [-0.05, 0) is 29.8 Å². The molecule has 10 heteroatoms. The number of nitro benzene ring substituents is 1. The molecule has 30 heavy (non-hydrogen) atoms. The van der Waals surface area contributed by atoms with Crippen LogP contribution in [0, 0.1) is 10.1 Å². The van der Waals surface area contributed by atoms with Crippen LogP contribution in [0.3, 0.4) is 0 Å². The molecule has 0 radical (unpaired) electrons. The highest BCUT2D eigenvalue weighted by Crippen LogP contribution is 2.30. The molecule has 3 rings (SSSR count). The summed E-state index contributed by atoms with van der Waals surface area (Å²) in [5.41, 5.74) is 1.05. The Morgan fingerprint density at radius 1 is 1.20 bits per heavy atom. The monoisotopic (exact) mass is 435 g/mol. The Hall–Kier alpha value is -2.69. The zero-order valence-electron chi connectivity index (χ0n) is 16.9. The molecular weight excluding hydrogens is 410 g/mol. The van der Waals surface area contributed by atoms with Crippen molar-refractivity contribution in [2.24, 2.45) is 0 Å². The maximum absolute atomic E-state index is 11.8. The first-order chi connectivity index (χ1) is 14.3. The SMILES string of the molecule is COc1ccc([C@H](CNc2ccc(S(C)(=O)=O)cc2[N+](=O)[O-])N2CCOCC2)cc1. The fraction of sp³-hybridized carbons (Fsp3) is 0.400.